The molecule has 1 atom stereocenters. The fourth-order valence-corrected chi connectivity index (χ4v) is 5.36. The molecule has 0 spiro atoms. The molecule has 0 saturated carbocycles. The Hall–Kier alpha value is -3.08. The number of benzene rings is 1. The third-order valence-electron chi connectivity index (χ3n) is 6.95. The van der Waals surface area contributed by atoms with E-state index in [0.717, 1.165) is 35.9 Å². The van der Waals surface area contributed by atoms with Gasteiger partial charge in [0.1, 0.15) is 5.82 Å². The van der Waals surface area contributed by atoms with Crippen LogP contribution in [0.25, 0.3) is 11.4 Å². The zero-order valence-corrected chi connectivity index (χ0v) is 21.8. The summed E-state index contributed by atoms with van der Waals surface area (Å²) in [5, 5.41) is 0. The van der Waals surface area contributed by atoms with E-state index in [1.807, 2.05) is 23.3 Å². The van der Waals surface area contributed by atoms with Crippen LogP contribution in [-0.2, 0) is 6.18 Å². The number of thioether (sulfide) groups is 1. The monoisotopic (exact) mass is 529 g/mol. The summed E-state index contributed by atoms with van der Waals surface area (Å²) < 4.78 is 40.6. The van der Waals surface area contributed by atoms with Crippen molar-refractivity contribution in [2.24, 2.45) is 0 Å². The highest BCUT2D eigenvalue weighted by Crippen LogP contribution is 2.36. The van der Waals surface area contributed by atoms with Crippen LogP contribution in [-0.4, -0.2) is 65.0 Å². The number of piperazine rings is 1. The summed E-state index contributed by atoms with van der Waals surface area (Å²) >= 11 is 1.66. The Bertz CT molecular complexity index is 1230. The maximum Gasteiger partial charge on any atom is 0.419 e. The first-order valence-corrected chi connectivity index (χ1v) is 13.7. The van der Waals surface area contributed by atoms with E-state index in [1.165, 1.54) is 18.7 Å². The van der Waals surface area contributed by atoms with Crippen molar-refractivity contribution < 1.29 is 13.2 Å². The number of alkyl halides is 3. The molecule has 2 aliphatic heterocycles. The second-order valence-electron chi connectivity index (χ2n) is 9.38. The summed E-state index contributed by atoms with van der Waals surface area (Å²) in [5.41, 5.74) is 0.212. The topological polar surface area (TPSA) is 61.3 Å². The molecule has 37 heavy (non-hydrogen) atoms. The highest BCUT2D eigenvalue weighted by atomic mass is 32.2. The van der Waals surface area contributed by atoms with Crippen molar-refractivity contribution in [2.45, 2.75) is 43.3 Å². The molecule has 0 aliphatic carbocycles. The van der Waals surface area contributed by atoms with E-state index in [4.69, 9.17) is 15.0 Å². The lowest BCUT2D eigenvalue weighted by molar-refractivity contribution is -0.137. The zero-order valence-electron chi connectivity index (χ0n) is 20.9. The van der Waals surface area contributed by atoms with Gasteiger partial charge in [-0.05, 0) is 56.7 Å². The van der Waals surface area contributed by atoms with Gasteiger partial charge in [0, 0.05) is 55.4 Å². The van der Waals surface area contributed by atoms with Crippen LogP contribution in [0.5, 0.6) is 0 Å². The zero-order chi connectivity index (χ0) is 26.0. The predicted molar refractivity (Wildman–Crippen MR) is 141 cm³/mol. The Labute approximate surface area is 219 Å². The van der Waals surface area contributed by atoms with Crippen molar-refractivity contribution in [3.8, 4) is 11.4 Å². The van der Waals surface area contributed by atoms with Gasteiger partial charge < -0.3 is 14.7 Å². The summed E-state index contributed by atoms with van der Waals surface area (Å²) in [7, 11) is 0. The van der Waals surface area contributed by atoms with E-state index in [9.17, 15) is 13.2 Å². The Kier molecular flexibility index (Phi) is 7.41. The first-order chi connectivity index (χ1) is 17.8. The lowest BCUT2D eigenvalue weighted by Crippen LogP contribution is -2.48. The molecule has 0 bridgehead atoms. The van der Waals surface area contributed by atoms with Crippen molar-refractivity contribution in [1.82, 2.24) is 19.9 Å². The SMILES string of the molecule is CSc1cccc(-c2nc(N3CCN(c4ncccc4C(F)(F)F)CC3)nc(N3CCCCC3C)n2)c1. The second-order valence-corrected chi connectivity index (χ2v) is 10.3. The molecule has 2 aromatic heterocycles. The molecular weight excluding hydrogens is 499 g/mol. The van der Waals surface area contributed by atoms with Gasteiger partial charge in [-0.15, -0.1) is 11.8 Å². The van der Waals surface area contributed by atoms with Gasteiger partial charge in [0.15, 0.2) is 5.82 Å². The number of hydrogen-bond donors (Lipinski definition) is 0. The van der Waals surface area contributed by atoms with Crippen LogP contribution in [0, 0.1) is 0 Å². The smallest absolute Gasteiger partial charge is 0.353 e. The van der Waals surface area contributed by atoms with E-state index >= 15 is 0 Å². The minimum atomic E-state index is -4.45. The number of aromatic nitrogens is 4. The van der Waals surface area contributed by atoms with Crippen LogP contribution in [0.3, 0.4) is 0 Å². The highest BCUT2D eigenvalue weighted by Gasteiger charge is 2.36. The molecule has 4 heterocycles. The maximum atomic E-state index is 13.5. The van der Waals surface area contributed by atoms with E-state index in [-0.39, 0.29) is 5.82 Å². The largest absolute Gasteiger partial charge is 0.419 e. The summed E-state index contributed by atoms with van der Waals surface area (Å²) in [6, 6.07) is 10.9. The molecule has 2 aliphatic rings. The maximum absolute atomic E-state index is 13.5. The third-order valence-corrected chi connectivity index (χ3v) is 7.68. The molecule has 0 N–H and O–H groups in total. The summed E-state index contributed by atoms with van der Waals surface area (Å²) in [5.74, 6) is 1.81. The van der Waals surface area contributed by atoms with Crippen LogP contribution < -0.4 is 14.7 Å². The Morgan fingerprint density at radius 1 is 0.892 bits per heavy atom. The third kappa shape index (κ3) is 5.61. The van der Waals surface area contributed by atoms with E-state index in [0.29, 0.717) is 49.9 Å². The molecule has 0 amide bonds. The number of halogens is 3. The Morgan fingerprint density at radius 2 is 1.65 bits per heavy atom. The van der Waals surface area contributed by atoms with E-state index < -0.39 is 11.7 Å². The Morgan fingerprint density at radius 3 is 2.38 bits per heavy atom. The average Bonchev–Trinajstić information content (AvgIpc) is 2.93. The van der Waals surface area contributed by atoms with Gasteiger partial charge in [-0.2, -0.15) is 28.1 Å². The van der Waals surface area contributed by atoms with Gasteiger partial charge in [-0.25, -0.2) is 4.98 Å². The quantitative estimate of drug-likeness (QED) is 0.409. The molecule has 0 radical (unpaired) electrons. The fourth-order valence-electron chi connectivity index (χ4n) is 4.90. The summed E-state index contributed by atoms with van der Waals surface area (Å²) in [6.07, 6.45) is 2.35. The molecule has 1 unspecified atom stereocenters. The number of piperidine rings is 1. The molecule has 2 saturated heterocycles. The van der Waals surface area contributed by atoms with E-state index in [1.54, 1.807) is 16.7 Å². The molecule has 196 valence electrons. The molecule has 1 aromatic carbocycles. The van der Waals surface area contributed by atoms with Crippen molar-refractivity contribution in [3.05, 3.63) is 48.2 Å². The average molecular weight is 530 g/mol. The predicted octanol–water partition coefficient (Wildman–Crippen LogP) is 5.38. The molecular formula is C26H30F3N7S. The van der Waals surface area contributed by atoms with Gasteiger partial charge in [0.2, 0.25) is 11.9 Å². The molecule has 3 aromatic rings. The van der Waals surface area contributed by atoms with Crippen LogP contribution >= 0.6 is 11.8 Å². The number of anilines is 3. The van der Waals surface area contributed by atoms with Crippen LogP contribution in [0.2, 0.25) is 0 Å². The van der Waals surface area contributed by atoms with Gasteiger partial charge in [-0.3, -0.25) is 0 Å². The van der Waals surface area contributed by atoms with Crippen LogP contribution in [0.1, 0.15) is 31.7 Å². The van der Waals surface area contributed by atoms with Crippen LogP contribution in [0.4, 0.5) is 30.9 Å². The lowest BCUT2D eigenvalue weighted by Gasteiger charge is -2.37. The molecule has 5 rings (SSSR count). The molecule has 11 heteroatoms. The number of hydrogen-bond acceptors (Lipinski definition) is 8. The van der Waals surface area contributed by atoms with Crippen molar-refractivity contribution in [3.63, 3.8) is 0 Å². The van der Waals surface area contributed by atoms with E-state index in [2.05, 4.69) is 28.9 Å². The molecule has 2 fully saturated rings. The number of rotatable bonds is 5. The molecule has 7 nitrogen and oxygen atoms in total. The first-order valence-electron chi connectivity index (χ1n) is 12.5. The van der Waals surface area contributed by atoms with Crippen molar-refractivity contribution in [2.75, 3.05) is 53.7 Å². The van der Waals surface area contributed by atoms with Gasteiger partial charge in [0.25, 0.3) is 0 Å². The summed E-state index contributed by atoms with van der Waals surface area (Å²) in [6.45, 7) is 4.83. The number of nitrogens with zero attached hydrogens (tertiary/aromatic N) is 7. The van der Waals surface area contributed by atoms with Crippen molar-refractivity contribution >= 4 is 29.5 Å². The van der Waals surface area contributed by atoms with Crippen LogP contribution in [0.15, 0.2) is 47.5 Å². The lowest BCUT2D eigenvalue weighted by atomic mass is 10.0. The van der Waals surface area contributed by atoms with Gasteiger partial charge in [0.05, 0.1) is 5.56 Å². The Balaban J connectivity index is 1.44. The normalized spacial score (nSPS) is 18.8. The minimum absolute atomic E-state index is 0.0253. The van der Waals surface area contributed by atoms with Gasteiger partial charge >= 0.3 is 6.18 Å². The minimum Gasteiger partial charge on any atom is -0.353 e. The van der Waals surface area contributed by atoms with Gasteiger partial charge in [-0.1, -0.05) is 12.1 Å². The first kappa shape index (κ1) is 25.6. The standard InChI is InChI=1S/C26H30F3N7S/c1-18-7-3-4-12-36(18)25-32-22(19-8-5-9-20(17-19)37-2)31-24(33-25)35-15-13-34(14-16-35)23-21(26(27,28)29)10-6-11-30-23/h5-6,8-11,17-18H,3-4,7,12-16H2,1-2H3. The highest BCUT2D eigenvalue weighted by molar-refractivity contribution is 7.98. The fraction of sp³-hybridized carbons (Fsp3) is 0.462. The summed E-state index contributed by atoms with van der Waals surface area (Å²) in [4.78, 5) is 25.7. The van der Waals surface area contributed by atoms with Crippen molar-refractivity contribution in [1.29, 1.82) is 0 Å². The second kappa shape index (κ2) is 10.7. The number of pyridine rings is 1.